The van der Waals surface area contributed by atoms with Crippen molar-refractivity contribution in [3.63, 3.8) is 0 Å². The van der Waals surface area contributed by atoms with Gasteiger partial charge in [0, 0.05) is 13.5 Å². The van der Waals surface area contributed by atoms with Gasteiger partial charge in [-0.2, -0.15) is 0 Å². The SMILES string of the molecule is CCCC(=O)O.CCN(CC)CC.CO. The van der Waals surface area contributed by atoms with E-state index in [-0.39, 0.29) is 0 Å². The summed E-state index contributed by atoms with van der Waals surface area (Å²) >= 11 is 0. The molecule has 0 rings (SSSR count). The molecule has 4 heteroatoms. The van der Waals surface area contributed by atoms with Gasteiger partial charge in [0.05, 0.1) is 0 Å². The standard InChI is InChI=1S/C6H15N.C4H8O2.CH4O/c1-4-7(5-2)6-3;1-2-3-4(5)6;1-2/h4-6H2,1-3H3;2-3H2,1H3,(H,5,6);2H,1H3. The normalized spacial score (nSPS) is 8.47. The molecular formula is C11H27NO3. The highest BCUT2D eigenvalue weighted by molar-refractivity contribution is 5.66. The van der Waals surface area contributed by atoms with Crippen molar-refractivity contribution in [3.05, 3.63) is 0 Å². The predicted octanol–water partition coefficient (Wildman–Crippen LogP) is 1.83. The molecule has 0 aliphatic heterocycles. The average Bonchev–Trinajstić information content (AvgIpc) is 2.24. The highest BCUT2D eigenvalue weighted by Crippen LogP contribution is 1.82. The summed E-state index contributed by atoms with van der Waals surface area (Å²) in [7, 11) is 1.00. The second-order valence-corrected chi connectivity index (χ2v) is 2.76. The van der Waals surface area contributed by atoms with Gasteiger partial charge in [-0.3, -0.25) is 4.79 Å². The summed E-state index contributed by atoms with van der Waals surface area (Å²) in [4.78, 5) is 12.0. The van der Waals surface area contributed by atoms with E-state index in [1.54, 1.807) is 0 Å². The van der Waals surface area contributed by atoms with Crippen molar-refractivity contribution in [2.24, 2.45) is 0 Å². The van der Waals surface area contributed by atoms with Crippen molar-refractivity contribution >= 4 is 5.97 Å². The molecule has 2 N–H and O–H groups in total. The minimum absolute atomic E-state index is 0.292. The maximum atomic E-state index is 9.60. The van der Waals surface area contributed by atoms with Crippen molar-refractivity contribution in [1.29, 1.82) is 0 Å². The lowest BCUT2D eigenvalue weighted by Gasteiger charge is -2.13. The van der Waals surface area contributed by atoms with E-state index < -0.39 is 5.97 Å². The molecule has 0 spiro atoms. The van der Waals surface area contributed by atoms with Gasteiger partial charge >= 0.3 is 5.97 Å². The van der Waals surface area contributed by atoms with Crippen LogP contribution in [0.25, 0.3) is 0 Å². The molecule has 0 radical (unpaired) electrons. The smallest absolute Gasteiger partial charge is 0.303 e. The lowest BCUT2D eigenvalue weighted by molar-refractivity contribution is -0.137. The average molecular weight is 221 g/mol. The van der Waals surface area contributed by atoms with Crippen LogP contribution in [0.2, 0.25) is 0 Å². The van der Waals surface area contributed by atoms with Crippen LogP contribution in [0.4, 0.5) is 0 Å². The van der Waals surface area contributed by atoms with E-state index in [2.05, 4.69) is 25.7 Å². The summed E-state index contributed by atoms with van der Waals surface area (Å²) in [6, 6.07) is 0. The first-order valence-corrected chi connectivity index (χ1v) is 5.51. The molecule has 0 saturated heterocycles. The molecule has 0 aliphatic carbocycles. The second-order valence-electron chi connectivity index (χ2n) is 2.76. The van der Waals surface area contributed by atoms with Crippen LogP contribution >= 0.6 is 0 Å². The molecule has 0 saturated carbocycles. The van der Waals surface area contributed by atoms with E-state index in [4.69, 9.17) is 10.2 Å². The first-order valence-electron chi connectivity index (χ1n) is 5.51. The lowest BCUT2D eigenvalue weighted by Crippen LogP contribution is -2.21. The number of aliphatic hydroxyl groups excluding tert-OH is 1. The van der Waals surface area contributed by atoms with Gasteiger partial charge in [-0.05, 0) is 26.1 Å². The topological polar surface area (TPSA) is 60.8 Å². The van der Waals surface area contributed by atoms with Crippen LogP contribution in [0, 0.1) is 0 Å². The Balaban J connectivity index is -0.000000166. The van der Waals surface area contributed by atoms with Crippen LogP contribution in [0.3, 0.4) is 0 Å². The molecule has 0 aromatic heterocycles. The summed E-state index contributed by atoms with van der Waals surface area (Å²) < 4.78 is 0. The molecule has 0 aromatic rings. The Bertz CT molecular complexity index is 109. The number of aliphatic carboxylic acids is 1. The van der Waals surface area contributed by atoms with Crippen molar-refractivity contribution in [1.82, 2.24) is 4.90 Å². The van der Waals surface area contributed by atoms with Crippen LogP contribution in [0.5, 0.6) is 0 Å². The van der Waals surface area contributed by atoms with E-state index in [1.807, 2.05) is 6.92 Å². The summed E-state index contributed by atoms with van der Waals surface area (Å²) in [5, 5.41) is 14.9. The number of carboxylic acids is 1. The number of carboxylic acid groups (broad SMARTS) is 1. The summed E-state index contributed by atoms with van der Waals surface area (Å²) in [6.07, 6.45) is 1.02. The molecule has 0 bridgehead atoms. The highest BCUT2D eigenvalue weighted by Gasteiger charge is 1.89. The van der Waals surface area contributed by atoms with Gasteiger partial charge in [-0.1, -0.05) is 27.7 Å². The third-order valence-corrected chi connectivity index (χ3v) is 1.81. The molecule has 94 valence electrons. The Kier molecular flexibility index (Phi) is 25.2. The van der Waals surface area contributed by atoms with E-state index in [1.165, 1.54) is 19.6 Å². The molecule has 4 nitrogen and oxygen atoms in total. The van der Waals surface area contributed by atoms with Gasteiger partial charge in [0.15, 0.2) is 0 Å². The van der Waals surface area contributed by atoms with Crippen LogP contribution in [0.15, 0.2) is 0 Å². The zero-order valence-corrected chi connectivity index (χ0v) is 10.8. The lowest BCUT2D eigenvalue weighted by atomic mass is 10.4. The van der Waals surface area contributed by atoms with Crippen molar-refractivity contribution < 1.29 is 15.0 Å². The first-order chi connectivity index (χ1) is 7.12. The third kappa shape index (κ3) is 24.7. The fourth-order valence-electron chi connectivity index (χ4n) is 0.885. The third-order valence-electron chi connectivity index (χ3n) is 1.81. The number of aliphatic hydroxyl groups is 1. The van der Waals surface area contributed by atoms with Crippen LogP contribution in [0.1, 0.15) is 40.5 Å². The number of rotatable bonds is 5. The number of carbonyl (C=O) groups is 1. The Labute approximate surface area is 93.9 Å². The summed E-state index contributed by atoms with van der Waals surface area (Å²) in [5.74, 6) is -0.711. The van der Waals surface area contributed by atoms with E-state index in [0.717, 1.165) is 13.5 Å². The van der Waals surface area contributed by atoms with E-state index in [9.17, 15) is 4.79 Å². The number of nitrogens with zero attached hydrogens (tertiary/aromatic N) is 1. The number of hydrogen-bond acceptors (Lipinski definition) is 3. The van der Waals surface area contributed by atoms with Gasteiger partial charge in [0.25, 0.3) is 0 Å². The van der Waals surface area contributed by atoms with Gasteiger partial charge < -0.3 is 15.1 Å². The second kappa shape index (κ2) is 19.0. The van der Waals surface area contributed by atoms with Gasteiger partial charge in [0.1, 0.15) is 0 Å². The highest BCUT2D eigenvalue weighted by atomic mass is 16.4. The molecular weight excluding hydrogens is 194 g/mol. The minimum atomic E-state index is -0.711. The van der Waals surface area contributed by atoms with Crippen molar-refractivity contribution in [2.75, 3.05) is 26.7 Å². The van der Waals surface area contributed by atoms with Crippen molar-refractivity contribution in [2.45, 2.75) is 40.5 Å². The zero-order chi connectivity index (χ0) is 12.7. The molecule has 0 aromatic carbocycles. The molecule has 0 heterocycles. The van der Waals surface area contributed by atoms with E-state index in [0.29, 0.717) is 6.42 Å². The van der Waals surface area contributed by atoms with Gasteiger partial charge in [-0.15, -0.1) is 0 Å². The first kappa shape index (κ1) is 19.9. The van der Waals surface area contributed by atoms with Crippen LogP contribution in [-0.4, -0.2) is 47.8 Å². The zero-order valence-electron chi connectivity index (χ0n) is 10.8. The van der Waals surface area contributed by atoms with Crippen molar-refractivity contribution in [3.8, 4) is 0 Å². The largest absolute Gasteiger partial charge is 0.481 e. The maximum Gasteiger partial charge on any atom is 0.303 e. The van der Waals surface area contributed by atoms with E-state index >= 15 is 0 Å². The Hall–Kier alpha value is -0.610. The Morgan fingerprint density at radius 1 is 1.00 bits per heavy atom. The van der Waals surface area contributed by atoms with Gasteiger partial charge in [-0.25, -0.2) is 0 Å². The Morgan fingerprint density at radius 3 is 1.33 bits per heavy atom. The van der Waals surface area contributed by atoms with Crippen LogP contribution in [-0.2, 0) is 4.79 Å². The molecule has 0 amide bonds. The fraction of sp³-hybridized carbons (Fsp3) is 0.909. The predicted molar refractivity (Wildman–Crippen MR) is 64.1 cm³/mol. The molecule has 0 aliphatic rings. The Morgan fingerprint density at radius 2 is 1.33 bits per heavy atom. The maximum absolute atomic E-state index is 9.60. The monoisotopic (exact) mass is 221 g/mol. The quantitative estimate of drug-likeness (QED) is 0.743. The molecule has 0 unspecified atom stereocenters. The summed E-state index contributed by atoms with van der Waals surface area (Å²) in [5.41, 5.74) is 0. The number of hydrogen-bond donors (Lipinski definition) is 2. The van der Waals surface area contributed by atoms with Gasteiger partial charge in [0.2, 0.25) is 0 Å². The molecule has 0 atom stereocenters. The van der Waals surface area contributed by atoms with Crippen LogP contribution < -0.4 is 0 Å². The fourth-order valence-corrected chi connectivity index (χ4v) is 0.885. The molecule has 0 fully saturated rings. The summed E-state index contributed by atoms with van der Waals surface area (Å²) in [6.45, 7) is 12.0. The molecule has 15 heavy (non-hydrogen) atoms. The minimum Gasteiger partial charge on any atom is -0.481 e.